The smallest absolute Gasteiger partial charge is 0.0538 e. The van der Waals surface area contributed by atoms with E-state index >= 15 is 0 Å². The molecule has 1 atom stereocenters. The van der Waals surface area contributed by atoms with Crippen molar-refractivity contribution < 1.29 is 0 Å². The van der Waals surface area contributed by atoms with Crippen LogP contribution in [0, 0.1) is 5.92 Å². The lowest BCUT2D eigenvalue weighted by Gasteiger charge is -2.23. The second-order valence-corrected chi connectivity index (χ2v) is 5.25. The zero-order valence-corrected chi connectivity index (χ0v) is 10.7. The molecule has 4 nitrogen and oxygen atoms in total. The molecule has 1 aromatic heterocycles. The van der Waals surface area contributed by atoms with Crippen LogP contribution in [0.25, 0.3) is 0 Å². The monoisotopic (exact) mass is 236 g/mol. The highest BCUT2D eigenvalue weighted by atomic mass is 15.3. The molecule has 1 aliphatic rings. The van der Waals surface area contributed by atoms with E-state index in [4.69, 9.17) is 5.84 Å². The SMILES string of the molecule is Cn1cc(C(CCC2CCCCC2)NN)cn1. The Morgan fingerprint density at radius 3 is 2.82 bits per heavy atom. The predicted molar refractivity (Wildman–Crippen MR) is 69.1 cm³/mol. The molecule has 2 rings (SSSR count). The summed E-state index contributed by atoms with van der Waals surface area (Å²) in [6.45, 7) is 0. The van der Waals surface area contributed by atoms with E-state index in [2.05, 4.69) is 10.5 Å². The molecule has 0 amide bonds. The van der Waals surface area contributed by atoms with Crippen molar-refractivity contribution in [1.29, 1.82) is 0 Å². The molecule has 0 aromatic carbocycles. The third-order valence-electron chi connectivity index (χ3n) is 3.92. The fourth-order valence-electron chi connectivity index (χ4n) is 2.84. The summed E-state index contributed by atoms with van der Waals surface area (Å²) < 4.78 is 1.83. The molecule has 1 aromatic rings. The Labute approximate surface area is 104 Å². The normalized spacial score (nSPS) is 19.4. The van der Waals surface area contributed by atoms with Crippen molar-refractivity contribution in [3.63, 3.8) is 0 Å². The second-order valence-electron chi connectivity index (χ2n) is 5.25. The molecule has 1 saturated carbocycles. The van der Waals surface area contributed by atoms with Crippen molar-refractivity contribution in [2.45, 2.75) is 51.0 Å². The van der Waals surface area contributed by atoms with Crippen LogP contribution in [0.5, 0.6) is 0 Å². The van der Waals surface area contributed by atoms with E-state index in [-0.39, 0.29) is 6.04 Å². The van der Waals surface area contributed by atoms with Crippen LogP contribution in [0.2, 0.25) is 0 Å². The summed E-state index contributed by atoms with van der Waals surface area (Å²) in [4.78, 5) is 0. The number of hydrogen-bond donors (Lipinski definition) is 2. The van der Waals surface area contributed by atoms with Gasteiger partial charge in [0.15, 0.2) is 0 Å². The first-order valence-corrected chi connectivity index (χ1v) is 6.74. The summed E-state index contributed by atoms with van der Waals surface area (Å²) in [6.07, 6.45) is 13.4. The first kappa shape index (κ1) is 12.6. The van der Waals surface area contributed by atoms with Crippen molar-refractivity contribution in [1.82, 2.24) is 15.2 Å². The largest absolute Gasteiger partial charge is 0.275 e. The number of nitrogens with two attached hydrogens (primary N) is 1. The molecular formula is C13H24N4. The van der Waals surface area contributed by atoms with E-state index in [1.54, 1.807) is 0 Å². The Hall–Kier alpha value is -0.870. The zero-order valence-electron chi connectivity index (χ0n) is 10.7. The van der Waals surface area contributed by atoms with Crippen molar-refractivity contribution in [2.24, 2.45) is 18.8 Å². The fraction of sp³-hybridized carbons (Fsp3) is 0.769. The van der Waals surface area contributed by atoms with Gasteiger partial charge in [0.25, 0.3) is 0 Å². The van der Waals surface area contributed by atoms with E-state index in [0.717, 1.165) is 12.3 Å². The third-order valence-corrected chi connectivity index (χ3v) is 3.92. The molecule has 0 radical (unpaired) electrons. The van der Waals surface area contributed by atoms with Gasteiger partial charge in [0.05, 0.1) is 6.20 Å². The van der Waals surface area contributed by atoms with Gasteiger partial charge in [0, 0.05) is 24.8 Å². The minimum atomic E-state index is 0.255. The second kappa shape index (κ2) is 6.17. The van der Waals surface area contributed by atoms with Crippen LogP contribution in [-0.4, -0.2) is 9.78 Å². The Bertz CT molecular complexity index is 328. The van der Waals surface area contributed by atoms with Crippen LogP contribution in [-0.2, 0) is 7.05 Å². The number of aryl methyl sites for hydroxylation is 1. The van der Waals surface area contributed by atoms with Gasteiger partial charge in [-0.3, -0.25) is 16.0 Å². The number of rotatable bonds is 5. The Kier molecular flexibility index (Phi) is 4.57. The lowest BCUT2D eigenvalue weighted by Crippen LogP contribution is -2.28. The predicted octanol–water partition coefficient (Wildman–Crippen LogP) is 2.29. The van der Waals surface area contributed by atoms with Crippen LogP contribution < -0.4 is 11.3 Å². The summed E-state index contributed by atoms with van der Waals surface area (Å²) >= 11 is 0. The molecule has 1 unspecified atom stereocenters. The summed E-state index contributed by atoms with van der Waals surface area (Å²) in [6, 6.07) is 0.255. The summed E-state index contributed by atoms with van der Waals surface area (Å²) in [5.74, 6) is 6.56. The maximum Gasteiger partial charge on any atom is 0.0538 e. The van der Waals surface area contributed by atoms with Crippen molar-refractivity contribution >= 4 is 0 Å². The van der Waals surface area contributed by atoms with Gasteiger partial charge in [0.1, 0.15) is 0 Å². The molecule has 17 heavy (non-hydrogen) atoms. The number of hydrogen-bond acceptors (Lipinski definition) is 3. The Morgan fingerprint density at radius 1 is 1.47 bits per heavy atom. The Balaban J connectivity index is 1.82. The van der Waals surface area contributed by atoms with E-state index in [9.17, 15) is 0 Å². The van der Waals surface area contributed by atoms with Crippen molar-refractivity contribution in [3.05, 3.63) is 18.0 Å². The summed E-state index contributed by atoms with van der Waals surface area (Å²) in [5, 5.41) is 4.20. The summed E-state index contributed by atoms with van der Waals surface area (Å²) in [7, 11) is 1.94. The van der Waals surface area contributed by atoms with Gasteiger partial charge in [-0.15, -0.1) is 0 Å². The van der Waals surface area contributed by atoms with Crippen LogP contribution in [0.15, 0.2) is 12.4 Å². The highest BCUT2D eigenvalue weighted by molar-refractivity contribution is 5.09. The summed E-state index contributed by atoms with van der Waals surface area (Å²) in [5.41, 5.74) is 4.12. The first-order chi connectivity index (χ1) is 8.29. The van der Waals surface area contributed by atoms with E-state index in [1.165, 1.54) is 44.1 Å². The molecule has 1 heterocycles. The lowest BCUT2D eigenvalue weighted by atomic mass is 9.85. The average Bonchev–Trinajstić information content (AvgIpc) is 2.78. The van der Waals surface area contributed by atoms with Crippen molar-refractivity contribution in [3.8, 4) is 0 Å². The average molecular weight is 236 g/mol. The van der Waals surface area contributed by atoms with Crippen molar-refractivity contribution in [2.75, 3.05) is 0 Å². The number of hydrazine groups is 1. The fourth-order valence-corrected chi connectivity index (χ4v) is 2.84. The molecule has 96 valence electrons. The lowest BCUT2D eigenvalue weighted by molar-refractivity contribution is 0.315. The van der Waals surface area contributed by atoms with Gasteiger partial charge in [-0.2, -0.15) is 5.10 Å². The number of nitrogens with one attached hydrogen (secondary N) is 1. The zero-order chi connectivity index (χ0) is 12.1. The van der Waals surface area contributed by atoms with Gasteiger partial charge in [-0.1, -0.05) is 32.1 Å². The molecule has 1 aliphatic carbocycles. The molecule has 0 aliphatic heterocycles. The van der Waals surface area contributed by atoms with Crippen LogP contribution in [0.1, 0.15) is 56.6 Å². The maximum atomic E-state index is 5.64. The number of nitrogens with zero attached hydrogens (tertiary/aromatic N) is 2. The molecule has 4 heteroatoms. The van der Waals surface area contributed by atoms with E-state index < -0.39 is 0 Å². The van der Waals surface area contributed by atoms with E-state index in [1.807, 2.05) is 24.1 Å². The molecule has 1 fully saturated rings. The van der Waals surface area contributed by atoms with Gasteiger partial charge in [-0.25, -0.2) is 0 Å². The molecule has 0 saturated heterocycles. The quantitative estimate of drug-likeness (QED) is 0.609. The topological polar surface area (TPSA) is 55.9 Å². The number of aromatic nitrogens is 2. The molecule has 0 spiro atoms. The van der Waals surface area contributed by atoms with Crippen LogP contribution >= 0.6 is 0 Å². The first-order valence-electron chi connectivity index (χ1n) is 6.74. The maximum absolute atomic E-state index is 5.64. The third kappa shape index (κ3) is 3.54. The Morgan fingerprint density at radius 2 is 2.24 bits per heavy atom. The molecular weight excluding hydrogens is 212 g/mol. The standard InChI is InChI=1S/C13H24N4/c1-17-10-12(9-15-17)13(16-14)8-7-11-5-3-2-4-6-11/h9-11,13,16H,2-8,14H2,1H3. The molecule has 0 bridgehead atoms. The van der Waals surface area contributed by atoms with Gasteiger partial charge >= 0.3 is 0 Å². The minimum Gasteiger partial charge on any atom is -0.275 e. The van der Waals surface area contributed by atoms with Gasteiger partial charge < -0.3 is 0 Å². The van der Waals surface area contributed by atoms with E-state index in [0.29, 0.717) is 0 Å². The van der Waals surface area contributed by atoms with Crippen LogP contribution in [0.4, 0.5) is 0 Å². The van der Waals surface area contributed by atoms with Gasteiger partial charge in [0.2, 0.25) is 0 Å². The van der Waals surface area contributed by atoms with Gasteiger partial charge in [-0.05, 0) is 18.8 Å². The molecule has 3 N–H and O–H groups in total. The highest BCUT2D eigenvalue weighted by Gasteiger charge is 2.17. The minimum absolute atomic E-state index is 0.255. The van der Waals surface area contributed by atoms with Crippen LogP contribution in [0.3, 0.4) is 0 Å². The highest BCUT2D eigenvalue weighted by Crippen LogP contribution is 2.29.